The molecule has 4 rings (SSSR count). The number of halogens is 5. The molecule has 36 heavy (non-hydrogen) atoms. The fraction of sp³-hybridized carbons (Fsp3) is 0.217. The van der Waals surface area contributed by atoms with Gasteiger partial charge >= 0.3 is 12.1 Å². The van der Waals surface area contributed by atoms with Crippen molar-refractivity contribution in [2.45, 2.75) is 26.1 Å². The molecule has 0 spiro atoms. The summed E-state index contributed by atoms with van der Waals surface area (Å²) in [6, 6.07) is 6.72. The van der Waals surface area contributed by atoms with Crippen LogP contribution in [0.15, 0.2) is 42.9 Å². The Kier molecular flexibility index (Phi) is 8.02. The Hall–Kier alpha value is -4.29. The number of rotatable bonds is 6. The van der Waals surface area contributed by atoms with E-state index < -0.39 is 23.9 Å². The summed E-state index contributed by atoms with van der Waals surface area (Å²) in [5.41, 5.74) is 3.75. The maximum Gasteiger partial charge on any atom is 0.490 e. The Morgan fingerprint density at radius 2 is 1.83 bits per heavy atom. The first kappa shape index (κ1) is 26.3. The maximum atomic E-state index is 14.6. The van der Waals surface area contributed by atoms with Gasteiger partial charge in [-0.05, 0) is 36.2 Å². The van der Waals surface area contributed by atoms with Crippen molar-refractivity contribution in [2.75, 3.05) is 12.4 Å². The minimum Gasteiger partial charge on any atom is -0.481 e. The molecule has 4 aromatic heterocycles. The first-order valence-electron chi connectivity index (χ1n) is 10.3. The Morgan fingerprint density at radius 3 is 2.47 bits per heavy atom. The Balaban J connectivity index is 0.000000454. The lowest BCUT2D eigenvalue weighted by Gasteiger charge is -2.10. The zero-order valence-electron chi connectivity index (χ0n) is 19.0. The summed E-state index contributed by atoms with van der Waals surface area (Å²) in [6.45, 7) is 2.17. The second-order valence-corrected chi connectivity index (χ2v) is 7.52. The lowest BCUT2D eigenvalue weighted by molar-refractivity contribution is -0.192. The van der Waals surface area contributed by atoms with Crippen molar-refractivity contribution < 1.29 is 36.6 Å². The van der Waals surface area contributed by atoms with Crippen molar-refractivity contribution >= 4 is 22.8 Å². The highest BCUT2D eigenvalue weighted by atomic mass is 19.4. The average molecular weight is 509 g/mol. The molecule has 4 heterocycles. The third-order valence-electron chi connectivity index (χ3n) is 4.85. The van der Waals surface area contributed by atoms with E-state index in [1.807, 2.05) is 19.2 Å². The van der Waals surface area contributed by atoms with Gasteiger partial charge in [-0.3, -0.25) is 0 Å². The predicted molar refractivity (Wildman–Crippen MR) is 120 cm³/mol. The molecule has 0 bridgehead atoms. The van der Waals surface area contributed by atoms with E-state index in [9.17, 15) is 22.0 Å². The number of carboxylic acid groups (broad SMARTS) is 1. The van der Waals surface area contributed by atoms with Crippen molar-refractivity contribution in [3.63, 3.8) is 0 Å². The molecule has 0 aliphatic heterocycles. The highest BCUT2D eigenvalue weighted by molar-refractivity contribution is 5.80. The van der Waals surface area contributed by atoms with Crippen LogP contribution in [-0.2, 0) is 17.8 Å². The van der Waals surface area contributed by atoms with E-state index in [0.29, 0.717) is 29.2 Å². The maximum absolute atomic E-state index is 14.6. The van der Waals surface area contributed by atoms with Crippen LogP contribution >= 0.6 is 0 Å². The zero-order chi connectivity index (χ0) is 26.5. The molecule has 0 aromatic carbocycles. The van der Waals surface area contributed by atoms with Crippen LogP contribution in [0.1, 0.15) is 22.3 Å². The molecule has 0 saturated heterocycles. The van der Waals surface area contributed by atoms with E-state index in [2.05, 4.69) is 25.3 Å². The summed E-state index contributed by atoms with van der Waals surface area (Å²) in [6.07, 6.45) is 0.0168. The van der Waals surface area contributed by atoms with Gasteiger partial charge in [-0.15, -0.1) is 0 Å². The SMILES string of the molecule is COc1ncc(F)cc1CNc1ccc(Cc2c[nH]c3ncc(C)cc23)c(F)n1.O=C(O)C(F)(F)F. The number of aromatic amines is 1. The Labute approximate surface area is 201 Å². The van der Waals surface area contributed by atoms with Crippen LogP contribution in [0.25, 0.3) is 11.0 Å². The molecule has 0 aliphatic rings. The average Bonchev–Trinajstić information content (AvgIpc) is 3.21. The fourth-order valence-corrected chi connectivity index (χ4v) is 3.17. The van der Waals surface area contributed by atoms with Gasteiger partial charge in [0.05, 0.1) is 13.3 Å². The summed E-state index contributed by atoms with van der Waals surface area (Å²) in [5, 5.41) is 11.1. The molecule has 0 aliphatic carbocycles. The molecule has 0 radical (unpaired) electrons. The number of hydrogen-bond donors (Lipinski definition) is 3. The molecule has 0 amide bonds. The first-order valence-corrected chi connectivity index (χ1v) is 10.3. The van der Waals surface area contributed by atoms with Crippen molar-refractivity contribution in [3.8, 4) is 5.88 Å². The number of nitrogens with zero attached hydrogens (tertiary/aromatic N) is 3. The standard InChI is InChI=1S/C21H19F2N5O.C2HF3O2/c1-12-5-17-14(9-26-20(17)25-8-12)6-13-3-4-18(28-19(13)23)24-10-15-7-16(22)11-27-21(15)29-2;3-2(4,5)1(6)7/h3-5,7-9,11H,6,10H2,1-2H3,(H,24,28)(H,25,26);(H,6,7). The number of anilines is 1. The third-order valence-corrected chi connectivity index (χ3v) is 4.85. The summed E-state index contributed by atoms with van der Waals surface area (Å²) in [4.78, 5) is 24.2. The van der Waals surface area contributed by atoms with E-state index in [1.54, 1.807) is 18.3 Å². The van der Waals surface area contributed by atoms with E-state index in [0.717, 1.165) is 28.4 Å². The summed E-state index contributed by atoms with van der Waals surface area (Å²) >= 11 is 0. The molecule has 0 saturated carbocycles. The highest BCUT2D eigenvalue weighted by Crippen LogP contribution is 2.23. The zero-order valence-corrected chi connectivity index (χ0v) is 19.0. The quantitative estimate of drug-likeness (QED) is 0.253. The van der Waals surface area contributed by atoms with Crippen LogP contribution < -0.4 is 10.1 Å². The molecular formula is C23H20F5N5O3. The number of methoxy groups -OCH3 is 1. The second kappa shape index (κ2) is 11.0. The number of fused-ring (bicyclic) bond motifs is 1. The van der Waals surface area contributed by atoms with E-state index in [1.165, 1.54) is 13.2 Å². The normalized spacial score (nSPS) is 11.1. The molecule has 0 unspecified atom stereocenters. The van der Waals surface area contributed by atoms with Gasteiger partial charge in [0.15, 0.2) is 0 Å². The number of H-pyrrole nitrogens is 1. The second-order valence-electron chi connectivity index (χ2n) is 7.52. The fourth-order valence-electron chi connectivity index (χ4n) is 3.17. The Morgan fingerprint density at radius 1 is 1.11 bits per heavy atom. The van der Waals surface area contributed by atoms with Gasteiger partial charge < -0.3 is 20.1 Å². The molecule has 0 atom stereocenters. The minimum absolute atomic E-state index is 0.202. The Bertz CT molecular complexity index is 1370. The number of carboxylic acids is 1. The number of hydrogen-bond acceptors (Lipinski definition) is 6. The van der Waals surface area contributed by atoms with Crippen LogP contribution in [0, 0.1) is 18.7 Å². The topological polar surface area (TPSA) is 113 Å². The van der Waals surface area contributed by atoms with Crippen LogP contribution in [0.2, 0.25) is 0 Å². The highest BCUT2D eigenvalue weighted by Gasteiger charge is 2.38. The number of alkyl halides is 3. The lowest BCUT2D eigenvalue weighted by atomic mass is 10.1. The number of aryl methyl sites for hydroxylation is 1. The van der Waals surface area contributed by atoms with Crippen molar-refractivity contribution in [1.29, 1.82) is 0 Å². The largest absolute Gasteiger partial charge is 0.490 e. The molecule has 3 N–H and O–H groups in total. The smallest absolute Gasteiger partial charge is 0.481 e. The van der Waals surface area contributed by atoms with Gasteiger partial charge in [-0.2, -0.15) is 17.6 Å². The molecule has 190 valence electrons. The van der Waals surface area contributed by atoms with E-state index >= 15 is 0 Å². The van der Waals surface area contributed by atoms with Gasteiger partial charge in [0.25, 0.3) is 0 Å². The van der Waals surface area contributed by atoms with Crippen molar-refractivity contribution in [2.24, 2.45) is 0 Å². The van der Waals surface area contributed by atoms with Gasteiger partial charge in [-0.25, -0.2) is 24.1 Å². The van der Waals surface area contributed by atoms with Crippen LogP contribution in [0.4, 0.5) is 27.8 Å². The van der Waals surface area contributed by atoms with Crippen molar-refractivity contribution in [3.05, 3.63) is 76.9 Å². The minimum atomic E-state index is -5.08. The first-order chi connectivity index (χ1) is 17.0. The molecule has 13 heteroatoms. The van der Waals surface area contributed by atoms with Crippen LogP contribution in [0.5, 0.6) is 5.88 Å². The summed E-state index contributed by atoms with van der Waals surface area (Å²) in [7, 11) is 1.46. The van der Waals surface area contributed by atoms with Crippen LogP contribution in [0.3, 0.4) is 0 Å². The number of nitrogens with one attached hydrogen (secondary N) is 2. The van der Waals surface area contributed by atoms with Crippen LogP contribution in [-0.4, -0.2) is 44.3 Å². The molecule has 4 aromatic rings. The van der Waals surface area contributed by atoms with Gasteiger partial charge in [0, 0.05) is 41.9 Å². The van der Waals surface area contributed by atoms with Gasteiger partial charge in [0.2, 0.25) is 11.8 Å². The lowest BCUT2D eigenvalue weighted by Crippen LogP contribution is -2.21. The van der Waals surface area contributed by atoms with Gasteiger partial charge in [0.1, 0.15) is 17.3 Å². The summed E-state index contributed by atoms with van der Waals surface area (Å²) in [5.74, 6) is -3.14. The van der Waals surface area contributed by atoms with Gasteiger partial charge in [-0.1, -0.05) is 6.07 Å². The molecule has 8 nitrogen and oxygen atoms in total. The number of carbonyl (C=O) groups is 1. The number of pyridine rings is 3. The molecule has 0 fully saturated rings. The monoisotopic (exact) mass is 509 g/mol. The number of aliphatic carboxylic acids is 1. The molecular weight excluding hydrogens is 489 g/mol. The van der Waals surface area contributed by atoms with E-state index in [4.69, 9.17) is 14.6 Å². The summed E-state index contributed by atoms with van der Waals surface area (Å²) < 4.78 is 64.8. The third kappa shape index (κ3) is 6.64. The van der Waals surface area contributed by atoms with E-state index in [-0.39, 0.29) is 6.54 Å². The number of ether oxygens (including phenoxy) is 1. The number of aromatic nitrogens is 4. The predicted octanol–water partition coefficient (Wildman–Crippen LogP) is 4.78. The van der Waals surface area contributed by atoms with Crippen molar-refractivity contribution in [1.82, 2.24) is 19.9 Å².